The van der Waals surface area contributed by atoms with Crippen molar-refractivity contribution in [2.45, 2.75) is 0 Å². The number of aromatic hydroxyl groups is 1. The Balaban J connectivity index is 1.86. The number of phenolic OH excluding ortho intramolecular Hbond substituents is 1. The molecule has 0 spiro atoms. The zero-order chi connectivity index (χ0) is 13.1. The molecule has 1 aromatic carbocycles. The smallest absolute Gasteiger partial charge is 0.320 e. The fourth-order valence-corrected chi connectivity index (χ4v) is 1.60. The molecule has 0 saturated heterocycles. The molecule has 0 fully saturated rings. The van der Waals surface area contributed by atoms with Gasteiger partial charge in [0.25, 0.3) is 5.89 Å². The third-order valence-electron chi connectivity index (χ3n) is 2.47. The molecular weight excluding hydrogens is 244 g/mol. The van der Waals surface area contributed by atoms with E-state index in [2.05, 4.69) is 20.5 Å². The average molecular weight is 254 g/mol. The Kier molecular flexibility index (Phi) is 2.82. The predicted molar refractivity (Wildman–Crippen MR) is 68.9 cm³/mol. The minimum atomic E-state index is 0.0964. The average Bonchev–Trinajstić information content (AvgIpc) is 2.89. The first kappa shape index (κ1) is 11.2. The van der Waals surface area contributed by atoms with Gasteiger partial charge in [0, 0.05) is 6.20 Å². The summed E-state index contributed by atoms with van der Waals surface area (Å²) in [4.78, 5) is 3.97. The third kappa shape index (κ3) is 2.37. The van der Waals surface area contributed by atoms with Crippen molar-refractivity contribution in [3.05, 3.63) is 48.8 Å². The number of hydrogen-bond donors (Lipinski definition) is 2. The van der Waals surface area contributed by atoms with Crippen LogP contribution in [0.1, 0.15) is 0 Å². The number of pyridine rings is 1. The summed E-state index contributed by atoms with van der Waals surface area (Å²) < 4.78 is 5.43. The largest absolute Gasteiger partial charge is 0.507 e. The molecular formula is C13H10N4O2. The molecule has 0 aliphatic heterocycles. The molecule has 0 atom stereocenters. The molecule has 3 rings (SSSR count). The summed E-state index contributed by atoms with van der Waals surface area (Å²) in [6.45, 7) is 0. The van der Waals surface area contributed by atoms with Gasteiger partial charge < -0.3 is 14.8 Å². The van der Waals surface area contributed by atoms with Crippen LogP contribution in [0.2, 0.25) is 0 Å². The zero-order valence-electron chi connectivity index (χ0n) is 9.82. The maximum Gasteiger partial charge on any atom is 0.320 e. The molecule has 0 saturated carbocycles. The lowest BCUT2D eigenvalue weighted by molar-refractivity contribution is 0.473. The molecule has 0 aliphatic rings. The molecule has 94 valence electrons. The summed E-state index contributed by atoms with van der Waals surface area (Å²) in [6, 6.07) is 10.6. The van der Waals surface area contributed by atoms with Gasteiger partial charge in [0.05, 0.1) is 17.4 Å². The summed E-state index contributed by atoms with van der Waals surface area (Å²) in [7, 11) is 0. The summed E-state index contributed by atoms with van der Waals surface area (Å²) >= 11 is 0. The minimum Gasteiger partial charge on any atom is -0.507 e. The van der Waals surface area contributed by atoms with Gasteiger partial charge in [-0.25, -0.2) is 0 Å². The second-order valence-corrected chi connectivity index (χ2v) is 3.80. The number of aromatic nitrogens is 3. The van der Waals surface area contributed by atoms with Gasteiger partial charge in [-0.05, 0) is 24.3 Å². The van der Waals surface area contributed by atoms with E-state index in [0.29, 0.717) is 5.56 Å². The van der Waals surface area contributed by atoms with Crippen molar-refractivity contribution >= 4 is 11.7 Å². The van der Waals surface area contributed by atoms with Crippen LogP contribution in [-0.2, 0) is 0 Å². The Labute approximate surface area is 108 Å². The summed E-state index contributed by atoms with van der Waals surface area (Å²) in [5.41, 5.74) is 1.24. The highest BCUT2D eigenvalue weighted by molar-refractivity contribution is 5.62. The number of hydrogen-bond acceptors (Lipinski definition) is 6. The standard InChI is InChI=1S/C13H10N4O2/c18-11-6-2-1-5-10(11)12-16-17-13(19-12)15-9-4-3-7-14-8-9/h1-8,18H,(H,15,17). The number of nitrogens with zero attached hydrogens (tertiary/aromatic N) is 3. The molecule has 0 unspecified atom stereocenters. The lowest BCUT2D eigenvalue weighted by Gasteiger charge is -1.99. The quantitative estimate of drug-likeness (QED) is 0.747. The van der Waals surface area contributed by atoms with Crippen LogP contribution in [0.5, 0.6) is 5.75 Å². The van der Waals surface area contributed by atoms with Gasteiger partial charge in [-0.2, -0.15) is 0 Å². The SMILES string of the molecule is Oc1ccccc1-c1nnc(Nc2cccnc2)o1. The number of rotatable bonds is 3. The van der Waals surface area contributed by atoms with Crippen LogP contribution in [0.15, 0.2) is 53.2 Å². The highest BCUT2D eigenvalue weighted by Gasteiger charge is 2.11. The van der Waals surface area contributed by atoms with Crippen LogP contribution in [-0.4, -0.2) is 20.3 Å². The van der Waals surface area contributed by atoms with Crippen molar-refractivity contribution in [2.75, 3.05) is 5.32 Å². The van der Waals surface area contributed by atoms with E-state index in [1.54, 1.807) is 42.7 Å². The monoisotopic (exact) mass is 254 g/mol. The van der Waals surface area contributed by atoms with E-state index >= 15 is 0 Å². The lowest BCUT2D eigenvalue weighted by atomic mass is 10.2. The van der Waals surface area contributed by atoms with E-state index in [4.69, 9.17) is 4.42 Å². The minimum absolute atomic E-state index is 0.0964. The van der Waals surface area contributed by atoms with Crippen LogP contribution < -0.4 is 5.32 Å². The highest BCUT2D eigenvalue weighted by atomic mass is 16.4. The van der Waals surface area contributed by atoms with Gasteiger partial charge in [0.15, 0.2) is 0 Å². The van der Waals surface area contributed by atoms with Gasteiger partial charge in [-0.3, -0.25) is 4.98 Å². The van der Waals surface area contributed by atoms with Crippen molar-refractivity contribution in [1.29, 1.82) is 0 Å². The summed E-state index contributed by atoms with van der Waals surface area (Å²) in [6.07, 6.45) is 3.32. The Morgan fingerprint density at radius 1 is 1.05 bits per heavy atom. The topological polar surface area (TPSA) is 84.1 Å². The van der Waals surface area contributed by atoms with Gasteiger partial charge in [-0.15, -0.1) is 5.10 Å². The number of para-hydroxylation sites is 1. The van der Waals surface area contributed by atoms with Gasteiger partial charge >= 0.3 is 6.01 Å². The molecule has 2 heterocycles. The molecule has 2 N–H and O–H groups in total. The van der Waals surface area contributed by atoms with Crippen LogP contribution in [0.4, 0.5) is 11.7 Å². The predicted octanol–water partition coefficient (Wildman–Crippen LogP) is 2.58. The zero-order valence-corrected chi connectivity index (χ0v) is 9.82. The van der Waals surface area contributed by atoms with Crippen LogP contribution >= 0.6 is 0 Å². The maximum atomic E-state index is 9.70. The molecule has 2 aromatic heterocycles. The lowest BCUT2D eigenvalue weighted by Crippen LogP contribution is -1.90. The van der Waals surface area contributed by atoms with Gasteiger partial charge in [0.2, 0.25) is 0 Å². The Hall–Kier alpha value is -2.89. The van der Waals surface area contributed by atoms with E-state index in [9.17, 15) is 5.11 Å². The normalized spacial score (nSPS) is 10.3. The third-order valence-corrected chi connectivity index (χ3v) is 2.47. The molecule has 0 bridgehead atoms. The van der Waals surface area contributed by atoms with Gasteiger partial charge in [0.1, 0.15) is 5.75 Å². The summed E-state index contributed by atoms with van der Waals surface area (Å²) in [5.74, 6) is 0.351. The van der Waals surface area contributed by atoms with E-state index in [1.165, 1.54) is 0 Å². The number of nitrogens with one attached hydrogen (secondary N) is 1. The van der Waals surface area contributed by atoms with Crippen LogP contribution in [0, 0.1) is 0 Å². The summed E-state index contributed by atoms with van der Waals surface area (Å²) in [5, 5.41) is 20.4. The van der Waals surface area contributed by atoms with Crippen molar-refractivity contribution in [3.8, 4) is 17.2 Å². The molecule has 6 nitrogen and oxygen atoms in total. The first-order valence-corrected chi connectivity index (χ1v) is 5.62. The fourth-order valence-electron chi connectivity index (χ4n) is 1.60. The van der Waals surface area contributed by atoms with E-state index in [0.717, 1.165) is 5.69 Å². The second kappa shape index (κ2) is 4.77. The van der Waals surface area contributed by atoms with E-state index < -0.39 is 0 Å². The van der Waals surface area contributed by atoms with Crippen LogP contribution in [0.25, 0.3) is 11.5 Å². The van der Waals surface area contributed by atoms with E-state index in [1.807, 2.05) is 6.07 Å². The van der Waals surface area contributed by atoms with Gasteiger partial charge in [-0.1, -0.05) is 17.2 Å². The van der Waals surface area contributed by atoms with Crippen molar-refractivity contribution < 1.29 is 9.52 Å². The second-order valence-electron chi connectivity index (χ2n) is 3.80. The molecule has 3 aromatic rings. The molecule has 0 aliphatic carbocycles. The molecule has 0 radical (unpaired) electrons. The van der Waals surface area contributed by atoms with Crippen molar-refractivity contribution in [2.24, 2.45) is 0 Å². The Morgan fingerprint density at radius 2 is 1.95 bits per heavy atom. The maximum absolute atomic E-state index is 9.70. The fraction of sp³-hybridized carbons (Fsp3) is 0. The van der Waals surface area contributed by atoms with Crippen LogP contribution in [0.3, 0.4) is 0 Å². The van der Waals surface area contributed by atoms with E-state index in [-0.39, 0.29) is 17.7 Å². The Morgan fingerprint density at radius 3 is 2.74 bits per heavy atom. The first-order valence-electron chi connectivity index (χ1n) is 5.62. The Bertz CT molecular complexity index is 682. The highest BCUT2D eigenvalue weighted by Crippen LogP contribution is 2.28. The number of phenols is 1. The number of benzene rings is 1. The number of anilines is 2. The van der Waals surface area contributed by atoms with Crippen molar-refractivity contribution in [3.63, 3.8) is 0 Å². The van der Waals surface area contributed by atoms with Crippen molar-refractivity contribution in [1.82, 2.24) is 15.2 Å². The first-order chi connectivity index (χ1) is 9.33. The molecule has 0 amide bonds. The molecule has 19 heavy (non-hydrogen) atoms. The molecule has 6 heteroatoms.